The zero-order valence-electron chi connectivity index (χ0n) is 19.1. The second-order valence-corrected chi connectivity index (χ2v) is 8.80. The first-order valence-electron chi connectivity index (χ1n) is 11.2. The van der Waals surface area contributed by atoms with Crippen LogP contribution in [0.25, 0.3) is 11.4 Å². The van der Waals surface area contributed by atoms with Crippen LogP contribution in [0.4, 0.5) is 0 Å². The van der Waals surface area contributed by atoms with Gasteiger partial charge in [0.25, 0.3) is 11.8 Å². The van der Waals surface area contributed by atoms with Crippen molar-refractivity contribution in [3.05, 3.63) is 65.6 Å². The number of hydrogen-bond acceptors (Lipinski definition) is 5. The van der Waals surface area contributed by atoms with Crippen LogP contribution in [-0.2, 0) is 13.0 Å². The molecule has 0 unspecified atom stereocenters. The highest BCUT2D eigenvalue weighted by atomic mass is 16.5. The van der Waals surface area contributed by atoms with Crippen molar-refractivity contribution in [1.82, 2.24) is 24.3 Å². The van der Waals surface area contributed by atoms with Gasteiger partial charge in [-0.05, 0) is 18.9 Å². The Balaban J connectivity index is 1.55. The minimum atomic E-state index is -0.115. The van der Waals surface area contributed by atoms with E-state index >= 15 is 0 Å². The normalized spacial score (nSPS) is 19.1. The summed E-state index contributed by atoms with van der Waals surface area (Å²) in [7, 11) is 5.04. The highest BCUT2D eigenvalue weighted by Gasteiger charge is 2.42. The van der Waals surface area contributed by atoms with Gasteiger partial charge < -0.3 is 19.1 Å². The van der Waals surface area contributed by atoms with E-state index in [-0.39, 0.29) is 23.9 Å². The third kappa shape index (κ3) is 3.65. The fraction of sp³-hybridized carbons (Fsp3) is 0.360. The number of pyridine rings is 1. The Hall–Kier alpha value is -3.68. The van der Waals surface area contributed by atoms with E-state index in [1.807, 2.05) is 35.2 Å². The predicted octanol–water partition coefficient (Wildman–Crippen LogP) is 2.89. The van der Waals surface area contributed by atoms with Crippen LogP contribution in [0.15, 0.2) is 48.7 Å². The molecule has 2 atom stereocenters. The summed E-state index contributed by atoms with van der Waals surface area (Å²) in [6.45, 7) is 0.610. The van der Waals surface area contributed by atoms with Gasteiger partial charge in [0.2, 0.25) is 5.88 Å². The number of benzene rings is 1. The SMILES string of the molecule is COc1ccc(C(=O)N2[C@@H]3CC[C@H]2Cc2c(C(=O)N(C)C)nc(-c4ccccc4)n2C3)cn1. The van der Waals surface area contributed by atoms with Crippen molar-refractivity contribution in [3.63, 3.8) is 0 Å². The van der Waals surface area contributed by atoms with Crippen LogP contribution in [0.3, 0.4) is 0 Å². The molecule has 3 aromatic rings. The molecule has 2 aromatic heterocycles. The highest BCUT2D eigenvalue weighted by molar-refractivity contribution is 5.95. The maximum atomic E-state index is 13.5. The third-order valence-electron chi connectivity index (χ3n) is 6.58. The summed E-state index contributed by atoms with van der Waals surface area (Å²) in [5, 5.41) is 0. The van der Waals surface area contributed by atoms with Crippen LogP contribution in [0.5, 0.6) is 5.88 Å². The van der Waals surface area contributed by atoms with Crippen molar-refractivity contribution < 1.29 is 14.3 Å². The Bertz CT molecular complexity index is 1190. The van der Waals surface area contributed by atoms with E-state index < -0.39 is 0 Å². The second kappa shape index (κ2) is 8.35. The zero-order chi connectivity index (χ0) is 23.1. The second-order valence-electron chi connectivity index (χ2n) is 8.80. The third-order valence-corrected chi connectivity index (χ3v) is 6.58. The number of carbonyl (C=O) groups is 2. The monoisotopic (exact) mass is 445 g/mol. The van der Waals surface area contributed by atoms with Crippen molar-refractivity contribution >= 4 is 11.8 Å². The molecule has 1 saturated heterocycles. The minimum absolute atomic E-state index is 0.0138. The Morgan fingerprint density at radius 2 is 1.82 bits per heavy atom. The lowest BCUT2D eigenvalue weighted by atomic mass is 10.0. The maximum Gasteiger partial charge on any atom is 0.273 e. The lowest BCUT2D eigenvalue weighted by Gasteiger charge is -2.28. The molecule has 2 bridgehead atoms. The van der Waals surface area contributed by atoms with Gasteiger partial charge in [-0.25, -0.2) is 9.97 Å². The molecule has 2 aliphatic heterocycles. The molecule has 0 radical (unpaired) electrons. The van der Waals surface area contributed by atoms with Gasteiger partial charge in [0.05, 0.1) is 24.4 Å². The average Bonchev–Trinajstić information content (AvgIpc) is 3.34. The van der Waals surface area contributed by atoms with Crippen molar-refractivity contribution in [1.29, 1.82) is 0 Å². The molecule has 0 N–H and O–H groups in total. The molecule has 4 heterocycles. The number of carbonyl (C=O) groups excluding carboxylic acids is 2. The van der Waals surface area contributed by atoms with Gasteiger partial charge in [0, 0.05) is 50.9 Å². The van der Waals surface area contributed by atoms with E-state index in [2.05, 4.69) is 9.55 Å². The lowest BCUT2D eigenvalue weighted by Crippen LogP contribution is -2.42. The molecule has 0 spiro atoms. The number of hydrogen-bond donors (Lipinski definition) is 0. The summed E-state index contributed by atoms with van der Waals surface area (Å²) in [6.07, 6.45) is 3.99. The van der Waals surface area contributed by atoms with Gasteiger partial charge >= 0.3 is 0 Å². The van der Waals surface area contributed by atoms with Crippen molar-refractivity contribution in [2.45, 2.75) is 37.9 Å². The Morgan fingerprint density at radius 3 is 2.48 bits per heavy atom. The van der Waals surface area contributed by atoms with E-state index in [0.717, 1.165) is 29.9 Å². The van der Waals surface area contributed by atoms with E-state index in [1.165, 1.54) is 0 Å². The summed E-state index contributed by atoms with van der Waals surface area (Å²) in [4.78, 5) is 39.1. The van der Waals surface area contributed by atoms with Crippen molar-refractivity contribution in [3.8, 4) is 17.3 Å². The number of imidazole rings is 1. The van der Waals surface area contributed by atoms with Crippen LogP contribution < -0.4 is 4.74 Å². The van der Waals surface area contributed by atoms with Gasteiger partial charge in [0.15, 0.2) is 0 Å². The van der Waals surface area contributed by atoms with E-state index in [0.29, 0.717) is 30.1 Å². The number of nitrogens with zero attached hydrogens (tertiary/aromatic N) is 5. The van der Waals surface area contributed by atoms with Gasteiger partial charge in [0.1, 0.15) is 11.5 Å². The van der Waals surface area contributed by atoms with E-state index in [1.54, 1.807) is 44.4 Å². The Labute approximate surface area is 192 Å². The van der Waals surface area contributed by atoms with Gasteiger partial charge in [-0.1, -0.05) is 30.3 Å². The number of fused-ring (bicyclic) bond motifs is 3. The zero-order valence-corrected chi connectivity index (χ0v) is 19.1. The van der Waals surface area contributed by atoms with Crippen molar-refractivity contribution in [2.24, 2.45) is 0 Å². The summed E-state index contributed by atoms with van der Waals surface area (Å²) < 4.78 is 7.28. The number of aromatic nitrogens is 3. The highest BCUT2D eigenvalue weighted by Crippen LogP contribution is 2.36. The smallest absolute Gasteiger partial charge is 0.273 e. The standard InChI is InChI=1S/C25H27N5O3/c1-28(2)25(32)22-20-13-18-10-11-19(15-29(20)23(27-22)16-7-5-4-6-8-16)30(18)24(31)17-9-12-21(33-3)26-14-17/h4-9,12,14,18-19H,10-11,13,15H2,1-3H3/t18-,19+/m0/s1. The molecule has 1 aromatic carbocycles. The predicted molar refractivity (Wildman–Crippen MR) is 123 cm³/mol. The van der Waals surface area contributed by atoms with Gasteiger partial charge in [-0.2, -0.15) is 0 Å². The molecule has 8 nitrogen and oxygen atoms in total. The van der Waals surface area contributed by atoms with Crippen LogP contribution in [0, 0.1) is 0 Å². The first-order chi connectivity index (χ1) is 16.0. The minimum Gasteiger partial charge on any atom is -0.481 e. The summed E-state index contributed by atoms with van der Waals surface area (Å²) in [6, 6.07) is 13.4. The van der Waals surface area contributed by atoms with Crippen LogP contribution in [0.2, 0.25) is 0 Å². The molecular weight excluding hydrogens is 418 g/mol. The molecule has 1 fully saturated rings. The fourth-order valence-electron chi connectivity index (χ4n) is 4.96. The number of rotatable bonds is 4. The first-order valence-corrected chi connectivity index (χ1v) is 11.2. The largest absolute Gasteiger partial charge is 0.481 e. The average molecular weight is 446 g/mol. The van der Waals surface area contributed by atoms with Crippen LogP contribution >= 0.6 is 0 Å². The van der Waals surface area contributed by atoms with E-state index in [4.69, 9.17) is 9.72 Å². The molecule has 33 heavy (non-hydrogen) atoms. The number of methoxy groups -OCH3 is 1. The molecule has 0 saturated carbocycles. The molecular formula is C25H27N5O3. The summed E-state index contributed by atoms with van der Waals surface area (Å²) >= 11 is 0. The first kappa shape index (κ1) is 21.2. The Kier molecular flexibility index (Phi) is 5.36. The lowest BCUT2D eigenvalue weighted by molar-refractivity contribution is 0.0665. The van der Waals surface area contributed by atoms with Crippen LogP contribution in [0.1, 0.15) is 39.4 Å². The molecule has 2 amide bonds. The molecule has 8 heteroatoms. The van der Waals surface area contributed by atoms with E-state index in [9.17, 15) is 9.59 Å². The topological polar surface area (TPSA) is 80.6 Å². The Morgan fingerprint density at radius 1 is 1.06 bits per heavy atom. The quantitative estimate of drug-likeness (QED) is 0.617. The molecule has 170 valence electrons. The molecule has 2 aliphatic rings. The number of amides is 2. The van der Waals surface area contributed by atoms with Gasteiger partial charge in [-0.15, -0.1) is 0 Å². The van der Waals surface area contributed by atoms with Crippen LogP contribution in [-0.4, -0.2) is 69.4 Å². The molecule has 0 aliphatic carbocycles. The number of ether oxygens (including phenoxy) is 1. The molecule has 5 rings (SSSR count). The summed E-state index contributed by atoms with van der Waals surface area (Å²) in [5.41, 5.74) is 2.90. The van der Waals surface area contributed by atoms with Gasteiger partial charge in [-0.3, -0.25) is 9.59 Å². The maximum absolute atomic E-state index is 13.5. The summed E-state index contributed by atoms with van der Waals surface area (Å²) in [5.74, 6) is 1.11. The van der Waals surface area contributed by atoms with Crippen molar-refractivity contribution in [2.75, 3.05) is 21.2 Å². The fourth-order valence-corrected chi connectivity index (χ4v) is 4.96.